The van der Waals surface area contributed by atoms with Crippen molar-refractivity contribution in [3.05, 3.63) is 48.5 Å². The van der Waals surface area contributed by atoms with Gasteiger partial charge in [-0.05, 0) is 18.2 Å². The molecule has 30 heavy (non-hydrogen) atoms. The lowest BCUT2D eigenvalue weighted by atomic mass is 10.1. The van der Waals surface area contributed by atoms with Crippen LogP contribution in [0.3, 0.4) is 0 Å². The molecule has 0 N–H and O–H groups in total. The van der Waals surface area contributed by atoms with Crippen molar-refractivity contribution >= 4 is 16.7 Å². The van der Waals surface area contributed by atoms with Gasteiger partial charge in [0.15, 0.2) is 0 Å². The summed E-state index contributed by atoms with van der Waals surface area (Å²) in [6.07, 6.45) is -0.0872. The summed E-state index contributed by atoms with van der Waals surface area (Å²) in [5, 5.41) is 1.04. The number of rotatable bonds is 6. The lowest BCUT2D eigenvalue weighted by Gasteiger charge is -2.33. The smallest absolute Gasteiger partial charge is 0.433 e. The molecule has 9 heteroatoms. The number of anilines is 1. The third-order valence-electron chi connectivity index (χ3n) is 5.31. The van der Waals surface area contributed by atoms with Crippen LogP contribution in [0.2, 0.25) is 0 Å². The first-order valence-electron chi connectivity index (χ1n) is 9.83. The van der Waals surface area contributed by atoms with Gasteiger partial charge in [0.05, 0.1) is 12.1 Å². The number of hydrogen-bond acceptors (Lipinski definition) is 5. The number of methoxy groups -OCH3 is 1. The molecule has 0 amide bonds. The van der Waals surface area contributed by atoms with Gasteiger partial charge in [-0.2, -0.15) is 13.2 Å². The van der Waals surface area contributed by atoms with E-state index < -0.39 is 11.9 Å². The number of nitrogens with zero attached hydrogens (tertiary/aromatic N) is 4. The molecule has 0 spiro atoms. The molecule has 2 aromatic heterocycles. The predicted molar refractivity (Wildman–Crippen MR) is 107 cm³/mol. The Balaban J connectivity index is 1.41. The zero-order valence-electron chi connectivity index (χ0n) is 16.6. The summed E-state index contributed by atoms with van der Waals surface area (Å²) in [7, 11) is 1.68. The molecule has 0 aliphatic carbocycles. The lowest BCUT2D eigenvalue weighted by molar-refractivity contribution is -0.141. The molecule has 1 fully saturated rings. The first kappa shape index (κ1) is 20.5. The summed E-state index contributed by atoms with van der Waals surface area (Å²) in [6, 6.07) is 9.01. The van der Waals surface area contributed by atoms with E-state index in [2.05, 4.69) is 14.5 Å². The van der Waals surface area contributed by atoms with Gasteiger partial charge in [0.1, 0.15) is 29.7 Å². The summed E-state index contributed by atoms with van der Waals surface area (Å²) < 4.78 is 52.3. The predicted octanol–water partition coefficient (Wildman–Crippen LogP) is 4.14. The minimum Gasteiger partial charge on any atom is -0.490 e. The molecule has 1 saturated heterocycles. The number of benzene rings is 1. The topological polar surface area (TPSA) is 52.4 Å². The van der Waals surface area contributed by atoms with Gasteiger partial charge in [0, 0.05) is 57.2 Å². The van der Waals surface area contributed by atoms with Gasteiger partial charge in [0.25, 0.3) is 0 Å². The van der Waals surface area contributed by atoms with Crippen LogP contribution < -0.4 is 9.64 Å². The SMILES string of the molecule is COCCn1ccc2c(OC3CCN(c4cc(C(F)(F)F)ncn4)CC3)cccc21. The van der Waals surface area contributed by atoms with E-state index in [1.807, 2.05) is 35.4 Å². The summed E-state index contributed by atoms with van der Waals surface area (Å²) in [4.78, 5) is 9.19. The zero-order valence-corrected chi connectivity index (χ0v) is 16.6. The highest BCUT2D eigenvalue weighted by Gasteiger charge is 2.33. The Bertz CT molecular complexity index is 997. The van der Waals surface area contributed by atoms with Gasteiger partial charge in [-0.1, -0.05) is 6.07 Å². The minimum atomic E-state index is -4.47. The zero-order chi connectivity index (χ0) is 21.1. The largest absolute Gasteiger partial charge is 0.490 e. The third kappa shape index (κ3) is 4.35. The molecule has 4 rings (SSSR count). The quantitative estimate of drug-likeness (QED) is 0.600. The number of fused-ring (bicyclic) bond motifs is 1. The van der Waals surface area contributed by atoms with Crippen LogP contribution in [0.1, 0.15) is 18.5 Å². The van der Waals surface area contributed by atoms with Gasteiger partial charge in [-0.15, -0.1) is 0 Å². The van der Waals surface area contributed by atoms with Gasteiger partial charge >= 0.3 is 6.18 Å². The van der Waals surface area contributed by atoms with Crippen LogP contribution in [0.5, 0.6) is 5.75 Å². The maximum Gasteiger partial charge on any atom is 0.433 e. The average Bonchev–Trinajstić information content (AvgIpc) is 3.16. The van der Waals surface area contributed by atoms with E-state index in [0.29, 0.717) is 38.4 Å². The second kappa shape index (κ2) is 8.51. The Morgan fingerprint density at radius 2 is 1.93 bits per heavy atom. The molecule has 1 aliphatic heterocycles. The number of piperidine rings is 1. The maximum atomic E-state index is 12.9. The molecule has 3 aromatic rings. The highest BCUT2D eigenvalue weighted by atomic mass is 19.4. The second-order valence-corrected chi connectivity index (χ2v) is 7.25. The molecule has 3 heterocycles. The van der Waals surface area contributed by atoms with E-state index in [0.717, 1.165) is 35.6 Å². The molecule has 160 valence electrons. The minimum absolute atomic E-state index is 0.00176. The van der Waals surface area contributed by atoms with E-state index in [4.69, 9.17) is 9.47 Å². The Morgan fingerprint density at radius 1 is 1.13 bits per heavy atom. The van der Waals surface area contributed by atoms with E-state index in [1.165, 1.54) is 0 Å². The number of halogens is 3. The fourth-order valence-electron chi connectivity index (χ4n) is 3.74. The number of ether oxygens (including phenoxy) is 2. The van der Waals surface area contributed by atoms with Crippen molar-refractivity contribution < 1.29 is 22.6 Å². The van der Waals surface area contributed by atoms with Gasteiger partial charge in [-0.25, -0.2) is 9.97 Å². The molecular weight excluding hydrogens is 397 g/mol. The normalized spacial score (nSPS) is 15.7. The Kier molecular flexibility index (Phi) is 5.80. The summed E-state index contributed by atoms with van der Waals surface area (Å²) >= 11 is 0. The highest BCUT2D eigenvalue weighted by molar-refractivity contribution is 5.86. The van der Waals surface area contributed by atoms with Crippen LogP contribution in [-0.2, 0) is 17.5 Å². The molecule has 0 atom stereocenters. The Labute approximate surface area is 172 Å². The van der Waals surface area contributed by atoms with Crippen molar-refractivity contribution in [3.8, 4) is 5.75 Å². The van der Waals surface area contributed by atoms with Crippen LogP contribution in [0.25, 0.3) is 10.9 Å². The van der Waals surface area contributed by atoms with Crippen LogP contribution in [0, 0.1) is 0 Å². The van der Waals surface area contributed by atoms with Crippen molar-refractivity contribution in [2.24, 2.45) is 0 Å². The first-order chi connectivity index (χ1) is 14.5. The molecule has 0 bridgehead atoms. The Morgan fingerprint density at radius 3 is 2.67 bits per heavy atom. The van der Waals surface area contributed by atoms with Crippen LogP contribution >= 0.6 is 0 Å². The molecular formula is C21H23F3N4O2. The van der Waals surface area contributed by atoms with Crippen LogP contribution in [0.15, 0.2) is 42.9 Å². The van der Waals surface area contributed by atoms with Crippen molar-refractivity contribution in [2.75, 3.05) is 31.7 Å². The fourth-order valence-corrected chi connectivity index (χ4v) is 3.74. The molecule has 0 unspecified atom stereocenters. The van der Waals surface area contributed by atoms with E-state index in [1.54, 1.807) is 7.11 Å². The van der Waals surface area contributed by atoms with Crippen molar-refractivity contribution in [3.63, 3.8) is 0 Å². The van der Waals surface area contributed by atoms with E-state index in [9.17, 15) is 13.2 Å². The number of hydrogen-bond donors (Lipinski definition) is 0. The molecule has 0 radical (unpaired) electrons. The van der Waals surface area contributed by atoms with Crippen LogP contribution in [-0.4, -0.2) is 47.4 Å². The van der Waals surface area contributed by atoms with Gasteiger partial charge < -0.3 is 18.9 Å². The fraction of sp³-hybridized carbons (Fsp3) is 0.429. The monoisotopic (exact) mass is 420 g/mol. The molecule has 0 saturated carbocycles. The standard InChI is InChI=1S/C21H23F3N4O2/c1-29-12-11-27-10-7-16-17(27)3-2-4-18(16)30-15-5-8-28(9-6-15)20-13-19(21(22,23)24)25-14-26-20/h2-4,7,10,13-15H,5-6,8-9,11-12H2,1H3. The van der Waals surface area contributed by atoms with Gasteiger partial charge in [0.2, 0.25) is 0 Å². The number of alkyl halides is 3. The number of aromatic nitrogens is 3. The first-order valence-corrected chi connectivity index (χ1v) is 9.83. The summed E-state index contributed by atoms with van der Waals surface area (Å²) in [5.74, 6) is 1.12. The van der Waals surface area contributed by atoms with E-state index in [-0.39, 0.29) is 6.10 Å². The van der Waals surface area contributed by atoms with E-state index >= 15 is 0 Å². The maximum absolute atomic E-state index is 12.9. The van der Waals surface area contributed by atoms with Crippen molar-refractivity contribution in [1.82, 2.24) is 14.5 Å². The molecule has 1 aliphatic rings. The lowest BCUT2D eigenvalue weighted by Crippen LogP contribution is -2.38. The average molecular weight is 420 g/mol. The van der Waals surface area contributed by atoms with Crippen molar-refractivity contribution in [2.45, 2.75) is 31.7 Å². The second-order valence-electron chi connectivity index (χ2n) is 7.25. The summed E-state index contributed by atoms with van der Waals surface area (Å²) in [6.45, 7) is 2.54. The molecule has 1 aromatic carbocycles. The van der Waals surface area contributed by atoms with Crippen LogP contribution in [0.4, 0.5) is 19.0 Å². The van der Waals surface area contributed by atoms with Gasteiger partial charge in [-0.3, -0.25) is 0 Å². The third-order valence-corrected chi connectivity index (χ3v) is 5.31. The van der Waals surface area contributed by atoms with Crippen molar-refractivity contribution in [1.29, 1.82) is 0 Å². The highest BCUT2D eigenvalue weighted by Crippen LogP contribution is 2.31. The molecule has 6 nitrogen and oxygen atoms in total. The Hall–Kier alpha value is -2.81. The summed E-state index contributed by atoms with van der Waals surface area (Å²) in [5.41, 5.74) is 0.165.